The van der Waals surface area contributed by atoms with E-state index in [9.17, 15) is 8.42 Å². The van der Waals surface area contributed by atoms with Crippen LogP contribution in [-0.4, -0.2) is 15.0 Å². The number of halogens is 1. The number of nitrogens with one attached hydrogen (secondary N) is 1. The minimum atomic E-state index is -3.51. The fourth-order valence-corrected chi connectivity index (χ4v) is 3.75. The van der Waals surface area contributed by atoms with Gasteiger partial charge in [0.15, 0.2) is 0 Å². The summed E-state index contributed by atoms with van der Waals surface area (Å²) in [5.41, 5.74) is 7.10. The Labute approximate surface area is 130 Å². The van der Waals surface area contributed by atoms with Crippen LogP contribution in [0.5, 0.6) is 0 Å². The van der Waals surface area contributed by atoms with E-state index in [4.69, 9.17) is 5.73 Å². The minimum absolute atomic E-state index is 0.284. The Morgan fingerprint density at radius 1 is 1.30 bits per heavy atom. The van der Waals surface area contributed by atoms with E-state index in [1.165, 1.54) is 0 Å². The van der Waals surface area contributed by atoms with Gasteiger partial charge in [0.05, 0.1) is 4.90 Å². The number of hydrogen-bond donors (Lipinski definition) is 2. The first-order valence-corrected chi connectivity index (χ1v) is 8.95. The van der Waals surface area contributed by atoms with Gasteiger partial charge < -0.3 is 5.73 Å². The Kier molecular flexibility index (Phi) is 6.19. The van der Waals surface area contributed by atoms with E-state index in [2.05, 4.69) is 34.5 Å². The molecule has 114 valence electrons. The highest BCUT2D eigenvalue weighted by molar-refractivity contribution is 9.10. The molecule has 0 aromatic heterocycles. The Hall–Kier alpha value is -0.430. The SMILES string of the molecule is Cc1c(Br)cc(CN)cc1S(=O)(=O)NCC(C)C(C)C. The van der Waals surface area contributed by atoms with Gasteiger partial charge in [-0.3, -0.25) is 0 Å². The summed E-state index contributed by atoms with van der Waals surface area (Å²) in [7, 11) is -3.51. The molecule has 20 heavy (non-hydrogen) atoms. The van der Waals surface area contributed by atoms with Crippen LogP contribution < -0.4 is 10.5 Å². The van der Waals surface area contributed by atoms with Crippen LogP contribution in [0.1, 0.15) is 31.9 Å². The van der Waals surface area contributed by atoms with Gasteiger partial charge in [0, 0.05) is 17.6 Å². The molecule has 4 nitrogen and oxygen atoms in total. The van der Waals surface area contributed by atoms with Gasteiger partial charge in [-0.15, -0.1) is 0 Å². The molecule has 1 aromatic rings. The average Bonchev–Trinajstić information content (AvgIpc) is 2.38. The lowest BCUT2D eigenvalue weighted by atomic mass is 9.99. The number of benzene rings is 1. The molecule has 1 rings (SSSR count). The van der Waals surface area contributed by atoms with Crippen molar-refractivity contribution in [1.29, 1.82) is 0 Å². The van der Waals surface area contributed by atoms with Crippen molar-refractivity contribution in [3.63, 3.8) is 0 Å². The molecule has 0 fully saturated rings. The average molecular weight is 363 g/mol. The van der Waals surface area contributed by atoms with Crippen LogP contribution in [0.15, 0.2) is 21.5 Å². The maximum atomic E-state index is 12.4. The Balaban J connectivity index is 3.06. The standard InChI is InChI=1S/C14H23BrN2O2S/c1-9(2)10(3)8-17-20(18,19)14-6-12(7-16)5-13(15)11(14)4/h5-6,9-10,17H,7-8,16H2,1-4H3. The molecule has 0 saturated heterocycles. The van der Waals surface area contributed by atoms with E-state index >= 15 is 0 Å². The smallest absolute Gasteiger partial charge is 0.240 e. The summed E-state index contributed by atoms with van der Waals surface area (Å²) >= 11 is 3.39. The monoisotopic (exact) mass is 362 g/mol. The molecular weight excluding hydrogens is 340 g/mol. The highest BCUT2D eigenvalue weighted by Gasteiger charge is 2.20. The van der Waals surface area contributed by atoms with Gasteiger partial charge in [-0.1, -0.05) is 36.7 Å². The first-order valence-electron chi connectivity index (χ1n) is 6.67. The van der Waals surface area contributed by atoms with E-state index in [-0.39, 0.29) is 5.92 Å². The summed E-state index contributed by atoms with van der Waals surface area (Å²) in [4.78, 5) is 0.295. The molecule has 1 atom stereocenters. The molecule has 1 aromatic carbocycles. The Morgan fingerprint density at radius 3 is 2.40 bits per heavy atom. The fourth-order valence-electron chi connectivity index (χ4n) is 1.66. The lowest BCUT2D eigenvalue weighted by Crippen LogP contribution is -2.30. The molecule has 0 aliphatic heterocycles. The summed E-state index contributed by atoms with van der Waals surface area (Å²) in [6.45, 7) is 8.72. The zero-order valence-electron chi connectivity index (χ0n) is 12.4. The summed E-state index contributed by atoms with van der Waals surface area (Å²) in [6, 6.07) is 3.49. The Morgan fingerprint density at radius 2 is 1.90 bits per heavy atom. The first-order chi connectivity index (χ1) is 9.19. The predicted octanol–water partition coefficient (Wildman–Crippen LogP) is 2.79. The number of rotatable bonds is 6. The van der Waals surface area contributed by atoms with Crippen LogP contribution in [0.25, 0.3) is 0 Å². The minimum Gasteiger partial charge on any atom is -0.326 e. The maximum Gasteiger partial charge on any atom is 0.240 e. The van der Waals surface area contributed by atoms with Crippen LogP contribution in [0, 0.1) is 18.8 Å². The molecule has 1 unspecified atom stereocenters. The van der Waals surface area contributed by atoms with Gasteiger partial charge in [-0.25, -0.2) is 13.1 Å². The lowest BCUT2D eigenvalue weighted by molar-refractivity contribution is 0.414. The van der Waals surface area contributed by atoms with Crippen LogP contribution in [-0.2, 0) is 16.6 Å². The molecule has 0 spiro atoms. The number of nitrogens with two attached hydrogens (primary N) is 1. The van der Waals surface area contributed by atoms with Crippen LogP contribution in [0.3, 0.4) is 0 Å². The summed E-state index contributed by atoms with van der Waals surface area (Å²) < 4.78 is 28.3. The molecule has 0 aliphatic carbocycles. The predicted molar refractivity (Wildman–Crippen MR) is 86.0 cm³/mol. The van der Waals surface area contributed by atoms with Crippen molar-refractivity contribution in [3.05, 3.63) is 27.7 Å². The lowest BCUT2D eigenvalue weighted by Gasteiger charge is -2.17. The van der Waals surface area contributed by atoms with Gasteiger partial charge in [0.25, 0.3) is 0 Å². The van der Waals surface area contributed by atoms with Gasteiger partial charge in [0.2, 0.25) is 10.0 Å². The van der Waals surface area contributed by atoms with Crippen LogP contribution in [0.2, 0.25) is 0 Å². The molecule has 0 amide bonds. The van der Waals surface area contributed by atoms with Gasteiger partial charge in [0.1, 0.15) is 0 Å². The van der Waals surface area contributed by atoms with Gasteiger partial charge in [-0.05, 0) is 42.0 Å². The number of sulfonamides is 1. The third-order valence-electron chi connectivity index (χ3n) is 3.62. The van der Waals surface area contributed by atoms with Crippen molar-refractivity contribution >= 4 is 26.0 Å². The van der Waals surface area contributed by atoms with E-state index in [0.29, 0.717) is 29.5 Å². The molecule has 3 N–H and O–H groups in total. The summed E-state index contributed by atoms with van der Waals surface area (Å²) in [5.74, 6) is 0.715. The first kappa shape index (κ1) is 17.6. The fraction of sp³-hybridized carbons (Fsp3) is 0.571. The van der Waals surface area contributed by atoms with Gasteiger partial charge in [-0.2, -0.15) is 0 Å². The topological polar surface area (TPSA) is 72.2 Å². The zero-order chi connectivity index (χ0) is 15.5. The van der Waals surface area contributed by atoms with Crippen LogP contribution in [0.4, 0.5) is 0 Å². The molecule has 0 bridgehead atoms. The quantitative estimate of drug-likeness (QED) is 0.816. The third-order valence-corrected chi connectivity index (χ3v) is 5.99. The normalized spacial score (nSPS) is 13.8. The van der Waals surface area contributed by atoms with Crippen molar-refractivity contribution in [2.75, 3.05) is 6.54 Å². The molecule has 0 aliphatic rings. The van der Waals surface area contributed by atoms with E-state index in [0.717, 1.165) is 10.0 Å². The maximum absolute atomic E-state index is 12.4. The second kappa shape index (κ2) is 7.02. The van der Waals surface area contributed by atoms with Crippen molar-refractivity contribution in [3.8, 4) is 0 Å². The van der Waals surface area contributed by atoms with Crippen molar-refractivity contribution < 1.29 is 8.42 Å². The summed E-state index contributed by atoms with van der Waals surface area (Å²) in [6.07, 6.45) is 0. The second-order valence-corrected chi connectivity index (χ2v) is 8.07. The highest BCUT2D eigenvalue weighted by Crippen LogP contribution is 2.25. The number of hydrogen-bond acceptors (Lipinski definition) is 3. The van der Waals surface area contributed by atoms with E-state index in [1.807, 2.05) is 13.0 Å². The van der Waals surface area contributed by atoms with Crippen LogP contribution >= 0.6 is 15.9 Å². The molecule has 0 heterocycles. The third kappa shape index (κ3) is 4.28. The summed E-state index contributed by atoms with van der Waals surface area (Å²) in [5, 5.41) is 0. The second-order valence-electron chi connectivity index (χ2n) is 5.48. The molecular formula is C14H23BrN2O2S. The molecule has 0 radical (unpaired) electrons. The van der Waals surface area contributed by atoms with Crippen molar-refractivity contribution in [2.45, 2.75) is 39.1 Å². The van der Waals surface area contributed by atoms with Gasteiger partial charge >= 0.3 is 0 Å². The Bertz CT molecular complexity index is 571. The van der Waals surface area contributed by atoms with Crippen molar-refractivity contribution in [2.24, 2.45) is 17.6 Å². The largest absolute Gasteiger partial charge is 0.326 e. The highest BCUT2D eigenvalue weighted by atomic mass is 79.9. The van der Waals surface area contributed by atoms with E-state index in [1.54, 1.807) is 13.0 Å². The molecule has 0 saturated carbocycles. The van der Waals surface area contributed by atoms with E-state index < -0.39 is 10.0 Å². The zero-order valence-corrected chi connectivity index (χ0v) is 14.8. The molecule has 6 heteroatoms. The van der Waals surface area contributed by atoms with Crippen molar-refractivity contribution in [1.82, 2.24) is 4.72 Å².